The van der Waals surface area contributed by atoms with Crippen molar-refractivity contribution in [1.29, 1.82) is 0 Å². The van der Waals surface area contributed by atoms with E-state index >= 15 is 0 Å². The lowest BCUT2D eigenvalue weighted by Gasteiger charge is -2.13. The van der Waals surface area contributed by atoms with Crippen molar-refractivity contribution in [3.05, 3.63) is 12.7 Å². The highest BCUT2D eigenvalue weighted by molar-refractivity contribution is 6.20. The van der Waals surface area contributed by atoms with Crippen molar-refractivity contribution in [3.63, 3.8) is 0 Å². The van der Waals surface area contributed by atoms with Crippen molar-refractivity contribution in [2.75, 3.05) is 26.3 Å². The molecule has 0 aliphatic carbocycles. The highest BCUT2D eigenvalue weighted by atomic mass is 35.5. The number of rotatable bonds is 6. The van der Waals surface area contributed by atoms with Crippen LogP contribution in [0.4, 0.5) is 0 Å². The largest absolute Gasteiger partial charge is 0.376 e. The summed E-state index contributed by atoms with van der Waals surface area (Å²) >= 11 is 6.11. The molecule has 13 heavy (non-hydrogen) atoms. The Morgan fingerprint density at radius 2 is 2.54 bits per heavy atom. The lowest BCUT2D eigenvalue weighted by atomic mass is 10.0. The van der Waals surface area contributed by atoms with Gasteiger partial charge < -0.3 is 10.1 Å². The molecule has 0 bridgehead atoms. The van der Waals surface area contributed by atoms with Crippen molar-refractivity contribution in [2.45, 2.75) is 18.2 Å². The van der Waals surface area contributed by atoms with Crippen LogP contribution in [0.15, 0.2) is 12.7 Å². The Hall–Kier alpha value is -0.0500. The predicted molar refractivity (Wildman–Crippen MR) is 56.3 cm³/mol. The van der Waals surface area contributed by atoms with Crippen LogP contribution in [-0.2, 0) is 4.74 Å². The van der Waals surface area contributed by atoms with Gasteiger partial charge in [0, 0.05) is 0 Å². The molecule has 2 unspecified atom stereocenters. The molecule has 1 aliphatic rings. The average Bonchev–Trinajstić information content (AvgIpc) is 2.57. The quantitative estimate of drug-likeness (QED) is 0.404. The van der Waals surface area contributed by atoms with Gasteiger partial charge in [0.2, 0.25) is 0 Å². The molecule has 3 heteroatoms. The third-order valence-corrected chi connectivity index (χ3v) is 2.59. The Kier molecular flexibility index (Phi) is 5.44. The lowest BCUT2D eigenvalue weighted by Crippen LogP contribution is -2.16. The van der Waals surface area contributed by atoms with E-state index in [0.29, 0.717) is 13.2 Å². The molecule has 0 aromatic heterocycles. The van der Waals surface area contributed by atoms with Gasteiger partial charge in [-0.1, -0.05) is 6.08 Å². The second kappa shape index (κ2) is 6.41. The minimum atomic E-state index is 0.157. The summed E-state index contributed by atoms with van der Waals surface area (Å²) in [5, 5.41) is 3.49. The summed E-state index contributed by atoms with van der Waals surface area (Å²) in [6.45, 7) is 7.09. The fraction of sp³-hybridized carbons (Fsp3) is 0.800. The fourth-order valence-corrected chi connectivity index (χ4v) is 1.97. The first-order valence-corrected chi connectivity index (χ1v) is 5.30. The molecular weight excluding hydrogens is 186 g/mol. The van der Waals surface area contributed by atoms with E-state index in [2.05, 4.69) is 11.9 Å². The van der Waals surface area contributed by atoms with Crippen LogP contribution in [0.1, 0.15) is 12.8 Å². The van der Waals surface area contributed by atoms with Crippen LogP contribution in [0.3, 0.4) is 0 Å². The van der Waals surface area contributed by atoms with E-state index < -0.39 is 0 Å². The first-order valence-electron chi connectivity index (χ1n) is 4.86. The van der Waals surface area contributed by atoms with Gasteiger partial charge in [0.15, 0.2) is 0 Å². The van der Waals surface area contributed by atoms with Gasteiger partial charge in [-0.15, -0.1) is 18.2 Å². The molecule has 0 saturated carbocycles. The first kappa shape index (κ1) is 11.0. The zero-order chi connectivity index (χ0) is 9.52. The van der Waals surface area contributed by atoms with Gasteiger partial charge in [0.1, 0.15) is 0 Å². The molecule has 0 aromatic carbocycles. The van der Waals surface area contributed by atoms with Crippen LogP contribution < -0.4 is 5.32 Å². The monoisotopic (exact) mass is 203 g/mol. The molecular formula is C10H18ClNO. The van der Waals surface area contributed by atoms with Gasteiger partial charge in [0.25, 0.3) is 0 Å². The fourth-order valence-electron chi connectivity index (χ4n) is 1.62. The molecule has 1 fully saturated rings. The van der Waals surface area contributed by atoms with E-state index in [9.17, 15) is 0 Å². The van der Waals surface area contributed by atoms with Crippen molar-refractivity contribution >= 4 is 11.6 Å². The summed E-state index contributed by atoms with van der Waals surface area (Å²) in [7, 11) is 0. The molecule has 1 saturated heterocycles. The van der Waals surface area contributed by atoms with E-state index in [4.69, 9.17) is 16.3 Å². The van der Waals surface area contributed by atoms with Crippen molar-refractivity contribution < 1.29 is 4.74 Å². The summed E-state index contributed by atoms with van der Waals surface area (Å²) in [5.74, 6) is 0.745. The number of halogens is 1. The van der Waals surface area contributed by atoms with Crippen molar-refractivity contribution in [1.82, 2.24) is 5.32 Å². The summed E-state index contributed by atoms with van der Waals surface area (Å²) in [5.41, 5.74) is 0. The Balaban J connectivity index is 2.02. The van der Waals surface area contributed by atoms with E-state index in [0.717, 1.165) is 25.4 Å². The van der Waals surface area contributed by atoms with Gasteiger partial charge in [0.05, 0.1) is 18.6 Å². The first-order chi connectivity index (χ1) is 6.33. The minimum absolute atomic E-state index is 0.157. The molecule has 1 N–H and O–H groups in total. The molecule has 0 amide bonds. The van der Waals surface area contributed by atoms with Crippen LogP contribution in [0.25, 0.3) is 0 Å². The second-order valence-corrected chi connectivity index (χ2v) is 4.14. The summed E-state index contributed by atoms with van der Waals surface area (Å²) < 4.78 is 5.28. The Morgan fingerprint density at radius 3 is 3.15 bits per heavy atom. The van der Waals surface area contributed by atoms with Crippen LogP contribution >= 0.6 is 11.6 Å². The molecule has 2 nitrogen and oxygen atoms in total. The van der Waals surface area contributed by atoms with Crippen LogP contribution in [0.5, 0.6) is 0 Å². The summed E-state index contributed by atoms with van der Waals surface area (Å²) in [4.78, 5) is 0. The molecule has 0 spiro atoms. The van der Waals surface area contributed by atoms with Gasteiger partial charge >= 0.3 is 0 Å². The SMILES string of the molecule is C=CCOCC(Cl)CC1CCNC1. The molecule has 1 aliphatic heterocycles. The van der Waals surface area contributed by atoms with E-state index in [1.807, 2.05) is 0 Å². The van der Waals surface area contributed by atoms with Crippen molar-refractivity contribution in [2.24, 2.45) is 5.92 Å². The van der Waals surface area contributed by atoms with Crippen LogP contribution in [0, 0.1) is 5.92 Å². The molecule has 2 atom stereocenters. The summed E-state index contributed by atoms with van der Waals surface area (Å²) in [6.07, 6.45) is 4.07. The third kappa shape index (κ3) is 4.65. The number of alkyl halides is 1. The van der Waals surface area contributed by atoms with Gasteiger partial charge in [-0.05, 0) is 31.8 Å². The number of hydrogen-bond donors (Lipinski definition) is 1. The predicted octanol–water partition coefficient (Wildman–Crippen LogP) is 1.80. The standard InChI is InChI=1S/C10H18ClNO/c1-2-5-13-8-10(11)6-9-3-4-12-7-9/h2,9-10,12H,1,3-8H2. The van der Waals surface area contributed by atoms with Gasteiger partial charge in [-0.3, -0.25) is 0 Å². The molecule has 1 rings (SSSR count). The van der Waals surface area contributed by atoms with Gasteiger partial charge in [-0.2, -0.15) is 0 Å². The van der Waals surface area contributed by atoms with Crippen LogP contribution in [-0.4, -0.2) is 31.7 Å². The number of hydrogen-bond acceptors (Lipinski definition) is 2. The highest BCUT2D eigenvalue weighted by Gasteiger charge is 2.18. The van der Waals surface area contributed by atoms with E-state index in [-0.39, 0.29) is 5.38 Å². The van der Waals surface area contributed by atoms with E-state index in [1.165, 1.54) is 6.42 Å². The average molecular weight is 204 g/mol. The highest BCUT2D eigenvalue weighted by Crippen LogP contribution is 2.17. The Morgan fingerprint density at radius 1 is 1.69 bits per heavy atom. The second-order valence-electron chi connectivity index (χ2n) is 3.52. The normalized spacial score (nSPS) is 24.5. The molecule has 1 heterocycles. The summed E-state index contributed by atoms with van der Waals surface area (Å²) in [6, 6.07) is 0. The minimum Gasteiger partial charge on any atom is -0.376 e. The maximum Gasteiger partial charge on any atom is 0.0645 e. The van der Waals surface area contributed by atoms with Gasteiger partial charge in [-0.25, -0.2) is 0 Å². The van der Waals surface area contributed by atoms with Crippen molar-refractivity contribution in [3.8, 4) is 0 Å². The smallest absolute Gasteiger partial charge is 0.0645 e. The maximum atomic E-state index is 6.11. The number of ether oxygens (including phenoxy) is 1. The zero-order valence-corrected chi connectivity index (χ0v) is 8.72. The molecule has 0 aromatic rings. The van der Waals surface area contributed by atoms with Crippen LogP contribution in [0.2, 0.25) is 0 Å². The number of nitrogens with one attached hydrogen (secondary N) is 1. The Bertz CT molecular complexity index is 146. The molecule has 76 valence electrons. The van der Waals surface area contributed by atoms with E-state index in [1.54, 1.807) is 6.08 Å². The Labute approximate surface area is 85.3 Å². The molecule has 0 radical (unpaired) electrons. The lowest BCUT2D eigenvalue weighted by molar-refractivity contribution is 0.157. The maximum absolute atomic E-state index is 6.11. The third-order valence-electron chi connectivity index (χ3n) is 2.29. The zero-order valence-electron chi connectivity index (χ0n) is 7.97. The topological polar surface area (TPSA) is 21.3 Å².